The molecule has 0 unspecified atom stereocenters. The van der Waals surface area contributed by atoms with Crippen LogP contribution in [0.25, 0.3) is 0 Å². The molecule has 0 aliphatic rings. The number of aryl methyl sites for hydroxylation is 1. The minimum atomic E-state index is -3.84. The van der Waals surface area contributed by atoms with Gasteiger partial charge < -0.3 is 5.11 Å². The Morgan fingerprint density at radius 1 is 1.09 bits per heavy atom. The Hall–Kier alpha value is -1.76. The number of halogens is 2. The number of hydrogen-bond acceptors (Lipinski definition) is 3. The fourth-order valence-electron chi connectivity index (χ4n) is 1.94. The highest BCUT2D eigenvalue weighted by molar-refractivity contribution is 7.92. The van der Waals surface area contributed by atoms with Gasteiger partial charge in [0.1, 0.15) is 0 Å². The van der Waals surface area contributed by atoms with E-state index >= 15 is 0 Å². The number of anilines is 1. The number of carboxylic acids is 1. The second-order valence-corrected chi connectivity index (χ2v) is 7.66. The first-order valence-corrected chi connectivity index (χ1v) is 8.62. The topological polar surface area (TPSA) is 74.7 Å². The lowest BCUT2D eigenvalue weighted by Gasteiger charge is -2.21. The van der Waals surface area contributed by atoms with E-state index in [-0.39, 0.29) is 26.2 Å². The normalized spacial score (nSPS) is 11.3. The zero-order valence-electron chi connectivity index (χ0n) is 12.2. The van der Waals surface area contributed by atoms with Crippen molar-refractivity contribution in [3.8, 4) is 0 Å². The molecule has 0 spiro atoms. The molecule has 0 aliphatic heterocycles. The van der Waals surface area contributed by atoms with Crippen molar-refractivity contribution in [1.29, 1.82) is 0 Å². The molecule has 8 heteroatoms. The van der Waals surface area contributed by atoms with E-state index in [0.717, 1.165) is 15.9 Å². The quantitative estimate of drug-likeness (QED) is 0.883. The summed E-state index contributed by atoms with van der Waals surface area (Å²) in [6.07, 6.45) is 0. The first kappa shape index (κ1) is 17.6. The van der Waals surface area contributed by atoms with Crippen molar-refractivity contribution in [2.45, 2.75) is 11.8 Å². The van der Waals surface area contributed by atoms with E-state index in [0.29, 0.717) is 0 Å². The molecule has 2 aromatic rings. The maximum Gasteiger partial charge on any atom is 0.337 e. The van der Waals surface area contributed by atoms with Crippen molar-refractivity contribution in [2.24, 2.45) is 0 Å². The van der Waals surface area contributed by atoms with Gasteiger partial charge in [0, 0.05) is 7.05 Å². The van der Waals surface area contributed by atoms with Crippen LogP contribution in [0, 0.1) is 6.92 Å². The molecule has 0 saturated heterocycles. The minimum Gasteiger partial charge on any atom is -0.478 e. The summed E-state index contributed by atoms with van der Waals surface area (Å²) in [6.45, 7) is 1.85. The Morgan fingerprint density at radius 2 is 1.65 bits per heavy atom. The molecule has 0 radical (unpaired) electrons. The van der Waals surface area contributed by atoms with Crippen molar-refractivity contribution in [2.75, 3.05) is 11.4 Å². The molecule has 0 heterocycles. The van der Waals surface area contributed by atoms with Gasteiger partial charge in [-0.05, 0) is 31.2 Å². The van der Waals surface area contributed by atoms with Gasteiger partial charge in [0.25, 0.3) is 10.0 Å². The summed E-state index contributed by atoms with van der Waals surface area (Å²) in [4.78, 5) is 11.1. The van der Waals surface area contributed by atoms with Crippen molar-refractivity contribution in [1.82, 2.24) is 0 Å². The van der Waals surface area contributed by atoms with Crippen LogP contribution in [0.2, 0.25) is 10.0 Å². The van der Waals surface area contributed by atoms with Crippen LogP contribution in [-0.4, -0.2) is 26.5 Å². The fourth-order valence-corrected chi connectivity index (χ4v) is 3.72. The second kappa shape index (κ2) is 6.39. The summed E-state index contributed by atoms with van der Waals surface area (Å²) in [6, 6.07) is 8.69. The van der Waals surface area contributed by atoms with Gasteiger partial charge in [-0.1, -0.05) is 40.9 Å². The summed E-state index contributed by atoms with van der Waals surface area (Å²) >= 11 is 11.9. The van der Waals surface area contributed by atoms with Crippen molar-refractivity contribution >= 4 is 44.9 Å². The number of rotatable bonds is 4. The molecule has 2 rings (SSSR count). The van der Waals surface area contributed by atoms with Crippen LogP contribution < -0.4 is 4.31 Å². The van der Waals surface area contributed by atoms with Crippen LogP contribution in [0.15, 0.2) is 41.3 Å². The number of hydrogen-bond donors (Lipinski definition) is 1. The van der Waals surface area contributed by atoms with E-state index in [4.69, 9.17) is 28.3 Å². The molecule has 0 atom stereocenters. The zero-order valence-corrected chi connectivity index (χ0v) is 14.6. The highest BCUT2D eigenvalue weighted by Crippen LogP contribution is 2.34. The third kappa shape index (κ3) is 3.44. The van der Waals surface area contributed by atoms with Gasteiger partial charge in [-0.2, -0.15) is 0 Å². The molecule has 0 fully saturated rings. The smallest absolute Gasteiger partial charge is 0.337 e. The van der Waals surface area contributed by atoms with E-state index in [1.54, 1.807) is 12.1 Å². The molecule has 0 amide bonds. The predicted octanol–water partition coefficient (Wildman–Crippen LogP) is 3.83. The van der Waals surface area contributed by atoms with Gasteiger partial charge in [-0.3, -0.25) is 4.31 Å². The molecule has 122 valence electrons. The lowest BCUT2D eigenvalue weighted by Crippen LogP contribution is -2.27. The Labute approximate surface area is 144 Å². The largest absolute Gasteiger partial charge is 0.478 e. The van der Waals surface area contributed by atoms with Crippen molar-refractivity contribution in [3.05, 3.63) is 57.6 Å². The maximum absolute atomic E-state index is 12.6. The molecule has 0 saturated carbocycles. The van der Waals surface area contributed by atoms with Crippen LogP contribution >= 0.6 is 23.2 Å². The molecular weight excluding hydrogens is 361 g/mol. The first-order valence-electron chi connectivity index (χ1n) is 6.42. The van der Waals surface area contributed by atoms with Crippen LogP contribution in [-0.2, 0) is 10.0 Å². The number of sulfonamides is 1. The average molecular weight is 374 g/mol. The SMILES string of the molecule is Cc1ccc(S(=O)(=O)N(C)c2cc(Cl)c(C(=O)O)cc2Cl)cc1. The summed E-state index contributed by atoms with van der Waals surface area (Å²) in [5.74, 6) is -1.24. The average Bonchev–Trinajstić information content (AvgIpc) is 2.48. The molecule has 23 heavy (non-hydrogen) atoms. The van der Waals surface area contributed by atoms with E-state index in [2.05, 4.69) is 0 Å². The Morgan fingerprint density at radius 3 is 2.17 bits per heavy atom. The van der Waals surface area contributed by atoms with Gasteiger partial charge in [0.2, 0.25) is 0 Å². The maximum atomic E-state index is 12.6. The number of benzene rings is 2. The highest BCUT2D eigenvalue weighted by Gasteiger charge is 2.24. The molecule has 5 nitrogen and oxygen atoms in total. The van der Waals surface area contributed by atoms with Gasteiger partial charge in [0.15, 0.2) is 0 Å². The first-order chi connectivity index (χ1) is 10.6. The van der Waals surface area contributed by atoms with E-state index in [9.17, 15) is 13.2 Å². The predicted molar refractivity (Wildman–Crippen MR) is 90.2 cm³/mol. The Balaban J connectivity index is 2.51. The molecular formula is C15H13Cl2NO4S. The van der Waals surface area contributed by atoms with Gasteiger partial charge in [0.05, 0.1) is 26.2 Å². The Kier molecular flexibility index (Phi) is 4.89. The number of carboxylic acid groups (broad SMARTS) is 1. The third-order valence-corrected chi connectivity index (χ3v) is 5.69. The zero-order chi connectivity index (χ0) is 17.4. The number of carbonyl (C=O) groups is 1. The summed E-state index contributed by atoms with van der Waals surface area (Å²) in [7, 11) is -2.51. The Bertz CT molecular complexity index is 864. The van der Waals surface area contributed by atoms with Crippen molar-refractivity contribution < 1.29 is 18.3 Å². The summed E-state index contributed by atoms with van der Waals surface area (Å²) < 4.78 is 26.2. The van der Waals surface area contributed by atoms with E-state index < -0.39 is 16.0 Å². The monoisotopic (exact) mass is 373 g/mol. The standard InChI is InChI=1S/C15H13Cl2NO4S/c1-9-3-5-10(6-4-9)23(21,22)18(2)14-8-12(16)11(15(19)20)7-13(14)17/h3-8H,1-2H3,(H,19,20). The second-order valence-electron chi connectivity index (χ2n) is 4.87. The molecule has 0 bridgehead atoms. The molecule has 2 aromatic carbocycles. The summed E-state index contributed by atoms with van der Waals surface area (Å²) in [5.41, 5.74) is 0.835. The third-order valence-electron chi connectivity index (χ3n) is 3.29. The van der Waals surface area contributed by atoms with Gasteiger partial charge in [-0.25, -0.2) is 13.2 Å². The molecule has 1 N–H and O–H groups in total. The molecule has 0 aromatic heterocycles. The van der Waals surface area contributed by atoms with Gasteiger partial charge >= 0.3 is 5.97 Å². The number of aromatic carboxylic acids is 1. The number of nitrogens with zero attached hydrogens (tertiary/aromatic N) is 1. The minimum absolute atomic E-state index is 0.0232. The van der Waals surface area contributed by atoms with Crippen LogP contribution in [0.5, 0.6) is 0 Å². The lowest BCUT2D eigenvalue weighted by molar-refractivity contribution is 0.0697. The summed E-state index contributed by atoms with van der Waals surface area (Å²) in [5, 5.41) is 8.89. The van der Waals surface area contributed by atoms with E-state index in [1.165, 1.54) is 25.2 Å². The van der Waals surface area contributed by atoms with Crippen LogP contribution in [0.4, 0.5) is 5.69 Å². The van der Waals surface area contributed by atoms with E-state index in [1.807, 2.05) is 6.92 Å². The van der Waals surface area contributed by atoms with Crippen LogP contribution in [0.1, 0.15) is 15.9 Å². The van der Waals surface area contributed by atoms with Crippen molar-refractivity contribution in [3.63, 3.8) is 0 Å². The lowest BCUT2D eigenvalue weighted by atomic mass is 10.2. The van der Waals surface area contributed by atoms with Crippen LogP contribution in [0.3, 0.4) is 0 Å². The highest BCUT2D eigenvalue weighted by atomic mass is 35.5. The van der Waals surface area contributed by atoms with Gasteiger partial charge in [-0.15, -0.1) is 0 Å². The fraction of sp³-hybridized carbons (Fsp3) is 0.133. The molecule has 0 aliphatic carbocycles.